The average Bonchev–Trinajstić information content (AvgIpc) is 2.34. The molecule has 2 nitrogen and oxygen atoms in total. The Balaban J connectivity index is 2.48. The fraction of sp³-hybridized carbons (Fsp3) is 0.143. The van der Waals surface area contributed by atoms with E-state index in [1.807, 2.05) is 24.3 Å². The Hall–Kier alpha value is -1.53. The topological polar surface area (TPSA) is 40.5 Å². The van der Waals surface area contributed by atoms with Crippen LogP contribution in [0.15, 0.2) is 48.5 Å². The molecule has 0 bridgehead atoms. The van der Waals surface area contributed by atoms with Crippen LogP contribution in [0.1, 0.15) is 17.0 Å². The van der Waals surface area contributed by atoms with Gasteiger partial charge in [-0.1, -0.05) is 36.4 Å². The summed E-state index contributed by atoms with van der Waals surface area (Å²) < 4.78 is 0. The van der Waals surface area contributed by atoms with E-state index in [1.54, 1.807) is 24.3 Å². The van der Waals surface area contributed by atoms with Crippen LogP contribution in [-0.2, 0) is 0 Å². The highest BCUT2D eigenvalue weighted by Crippen LogP contribution is 2.36. The van der Waals surface area contributed by atoms with Gasteiger partial charge in [0.15, 0.2) is 0 Å². The Bertz CT molecular complexity index is 466. The van der Waals surface area contributed by atoms with Crippen LogP contribution in [0.3, 0.4) is 0 Å². The van der Waals surface area contributed by atoms with Crippen molar-refractivity contribution in [3.8, 4) is 11.5 Å². The minimum atomic E-state index is -0.0117. The lowest BCUT2D eigenvalue weighted by Crippen LogP contribution is -2.03. The lowest BCUT2D eigenvalue weighted by Gasteiger charge is -2.18. The molecule has 0 spiro atoms. The standard InChI is InChI=1S/C14H15O2P/c15-13-7-3-1-5-10(13)12(9-17)11-6-2-4-8-14(11)16/h1-8,12,15-16H,9,17H2. The summed E-state index contributed by atoms with van der Waals surface area (Å²) in [6.07, 6.45) is 0.745. The molecular formula is C14H15O2P. The van der Waals surface area contributed by atoms with E-state index in [-0.39, 0.29) is 17.4 Å². The SMILES string of the molecule is Oc1ccccc1C(CP)c1ccccc1O. The smallest absolute Gasteiger partial charge is 0.119 e. The van der Waals surface area contributed by atoms with Gasteiger partial charge in [0.2, 0.25) is 0 Å². The third kappa shape index (κ3) is 2.42. The molecule has 0 amide bonds. The van der Waals surface area contributed by atoms with E-state index < -0.39 is 0 Å². The normalized spacial score (nSPS) is 10.7. The monoisotopic (exact) mass is 246 g/mol. The maximum atomic E-state index is 9.87. The van der Waals surface area contributed by atoms with Crippen LogP contribution >= 0.6 is 9.24 Å². The second kappa shape index (κ2) is 5.20. The summed E-state index contributed by atoms with van der Waals surface area (Å²) in [7, 11) is 2.66. The highest BCUT2D eigenvalue weighted by molar-refractivity contribution is 7.16. The van der Waals surface area contributed by atoms with Crippen molar-refractivity contribution in [1.82, 2.24) is 0 Å². The molecule has 0 saturated heterocycles. The van der Waals surface area contributed by atoms with E-state index in [0.717, 1.165) is 17.3 Å². The van der Waals surface area contributed by atoms with Crippen molar-refractivity contribution in [1.29, 1.82) is 0 Å². The van der Waals surface area contributed by atoms with Gasteiger partial charge in [0.05, 0.1) is 0 Å². The summed E-state index contributed by atoms with van der Waals surface area (Å²) >= 11 is 0. The van der Waals surface area contributed by atoms with Crippen LogP contribution in [-0.4, -0.2) is 16.4 Å². The number of para-hydroxylation sites is 2. The highest BCUT2D eigenvalue weighted by Gasteiger charge is 2.18. The van der Waals surface area contributed by atoms with Gasteiger partial charge < -0.3 is 10.2 Å². The molecule has 2 aromatic rings. The third-order valence-corrected chi connectivity index (χ3v) is 3.33. The summed E-state index contributed by atoms with van der Waals surface area (Å²) in [6, 6.07) is 14.5. The Labute approximate surface area is 103 Å². The lowest BCUT2D eigenvalue weighted by atomic mass is 9.91. The predicted octanol–water partition coefficient (Wildman–Crippen LogP) is 3.10. The lowest BCUT2D eigenvalue weighted by molar-refractivity contribution is 0.457. The maximum absolute atomic E-state index is 9.87. The second-order valence-corrected chi connectivity index (χ2v) is 4.38. The molecule has 0 fully saturated rings. The molecule has 0 aliphatic heterocycles. The molecule has 1 atom stereocenters. The van der Waals surface area contributed by atoms with Crippen molar-refractivity contribution in [2.24, 2.45) is 0 Å². The summed E-state index contributed by atoms with van der Waals surface area (Å²) in [5.41, 5.74) is 1.67. The van der Waals surface area contributed by atoms with Crippen molar-refractivity contribution in [3.05, 3.63) is 59.7 Å². The van der Waals surface area contributed by atoms with Gasteiger partial charge in [-0.05, 0) is 18.3 Å². The first-order valence-corrected chi connectivity index (χ1v) is 6.31. The van der Waals surface area contributed by atoms with Crippen molar-refractivity contribution in [3.63, 3.8) is 0 Å². The number of aromatic hydroxyl groups is 2. The van der Waals surface area contributed by atoms with Gasteiger partial charge in [0, 0.05) is 17.0 Å². The van der Waals surface area contributed by atoms with Crippen LogP contribution < -0.4 is 0 Å². The molecule has 0 saturated carbocycles. The van der Waals surface area contributed by atoms with Gasteiger partial charge in [-0.15, -0.1) is 9.24 Å². The molecule has 0 aliphatic rings. The predicted molar refractivity (Wildman–Crippen MR) is 72.6 cm³/mol. The first kappa shape index (κ1) is 11.9. The van der Waals surface area contributed by atoms with Crippen LogP contribution in [0.4, 0.5) is 0 Å². The quantitative estimate of drug-likeness (QED) is 0.817. The van der Waals surface area contributed by atoms with Crippen LogP contribution in [0.25, 0.3) is 0 Å². The van der Waals surface area contributed by atoms with Crippen molar-refractivity contribution >= 4 is 9.24 Å². The van der Waals surface area contributed by atoms with E-state index in [2.05, 4.69) is 9.24 Å². The molecule has 0 aliphatic carbocycles. The van der Waals surface area contributed by atoms with Crippen LogP contribution in [0.5, 0.6) is 11.5 Å². The summed E-state index contributed by atoms with van der Waals surface area (Å²) in [5.74, 6) is 0.522. The van der Waals surface area contributed by atoms with Crippen molar-refractivity contribution in [2.75, 3.05) is 6.16 Å². The zero-order valence-corrected chi connectivity index (χ0v) is 10.5. The summed E-state index contributed by atoms with van der Waals surface area (Å²) in [6.45, 7) is 0. The van der Waals surface area contributed by atoms with Crippen molar-refractivity contribution in [2.45, 2.75) is 5.92 Å². The first-order valence-electron chi connectivity index (χ1n) is 5.50. The van der Waals surface area contributed by atoms with Crippen LogP contribution in [0.2, 0.25) is 0 Å². The van der Waals surface area contributed by atoms with Gasteiger partial charge in [-0.25, -0.2) is 0 Å². The second-order valence-electron chi connectivity index (χ2n) is 3.91. The molecule has 1 unspecified atom stereocenters. The van der Waals surface area contributed by atoms with E-state index in [1.165, 1.54) is 0 Å². The average molecular weight is 246 g/mol. The molecule has 2 N–H and O–H groups in total. The zero-order valence-electron chi connectivity index (χ0n) is 9.38. The van der Waals surface area contributed by atoms with Gasteiger partial charge in [-0.2, -0.15) is 0 Å². The van der Waals surface area contributed by atoms with Gasteiger partial charge in [0.1, 0.15) is 11.5 Å². The molecule has 2 aromatic carbocycles. The van der Waals surface area contributed by atoms with Gasteiger partial charge >= 0.3 is 0 Å². The fourth-order valence-corrected chi connectivity index (χ4v) is 2.49. The van der Waals surface area contributed by atoms with E-state index in [4.69, 9.17) is 0 Å². The number of rotatable bonds is 3. The minimum absolute atomic E-state index is 0.0117. The molecule has 0 heterocycles. The van der Waals surface area contributed by atoms with Crippen LogP contribution in [0, 0.1) is 0 Å². The molecular weight excluding hydrogens is 231 g/mol. The van der Waals surface area contributed by atoms with Gasteiger partial charge in [0.25, 0.3) is 0 Å². The Morgan fingerprint density at radius 2 is 1.24 bits per heavy atom. The third-order valence-electron chi connectivity index (χ3n) is 2.86. The number of hydrogen-bond donors (Lipinski definition) is 2. The Morgan fingerprint density at radius 3 is 1.59 bits per heavy atom. The first-order chi connectivity index (χ1) is 8.24. The van der Waals surface area contributed by atoms with Crippen molar-refractivity contribution < 1.29 is 10.2 Å². The molecule has 0 aromatic heterocycles. The van der Waals surface area contributed by atoms with E-state index in [9.17, 15) is 10.2 Å². The number of phenols is 2. The molecule has 17 heavy (non-hydrogen) atoms. The molecule has 3 heteroatoms. The minimum Gasteiger partial charge on any atom is -0.508 e. The molecule has 2 rings (SSSR count). The fourth-order valence-electron chi connectivity index (χ4n) is 1.99. The largest absolute Gasteiger partial charge is 0.508 e. The molecule has 0 radical (unpaired) electrons. The maximum Gasteiger partial charge on any atom is 0.119 e. The number of hydrogen-bond acceptors (Lipinski definition) is 2. The highest BCUT2D eigenvalue weighted by atomic mass is 31.0. The summed E-state index contributed by atoms with van der Waals surface area (Å²) in [5, 5.41) is 19.7. The van der Waals surface area contributed by atoms with Gasteiger partial charge in [-0.3, -0.25) is 0 Å². The Morgan fingerprint density at radius 1 is 0.824 bits per heavy atom. The molecule has 88 valence electrons. The number of phenolic OH excluding ortho intramolecular Hbond substituents is 2. The Kier molecular flexibility index (Phi) is 3.65. The van der Waals surface area contributed by atoms with E-state index in [0.29, 0.717) is 0 Å². The summed E-state index contributed by atoms with van der Waals surface area (Å²) in [4.78, 5) is 0. The zero-order chi connectivity index (χ0) is 12.3. The number of benzene rings is 2. The van der Waals surface area contributed by atoms with E-state index >= 15 is 0 Å².